The van der Waals surface area contributed by atoms with Gasteiger partial charge in [-0.05, 0) is 42.8 Å². The quantitative estimate of drug-likeness (QED) is 0.630. The Morgan fingerprint density at radius 3 is 2.62 bits per heavy atom. The Balaban J connectivity index is 1.88. The summed E-state index contributed by atoms with van der Waals surface area (Å²) < 4.78 is 26.5. The molecule has 0 bridgehead atoms. The number of aryl methyl sites for hydroxylation is 1. The van der Waals surface area contributed by atoms with Crippen molar-refractivity contribution in [1.29, 1.82) is 0 Å². The average Bonchev–Trinajstić information content (AvgIpc) is 2.40. The van der Waals surface area contributed by atoms with E-state index >= 15 is 0 Å². The fourth-order valence-electron chi connectivity index (χ4n) is 1.67. The molecule has 2 aromatic rings. The molecule has 3 N–H and O–H groups in total. The lowest BCUT2D eigenvalue weighted by Gasteiger charge is -2.08. The Hall–Kier alpha value is -1.73. The standard InChI is InChI=1S/C14H17N3O2S2/c1-11-8-13(10-16-9-11)17-21(18,19)7-6-20-14-4-2-12(15)3-5-14/h2-5,8-10,17H,6-7,15H2,1H3. The zero-order chi connectivity index (χ0) is 15.3. The molecular formula is C14H17N3O2S2. The van der Waals surface area contributed by atoms with Crippen molar-refractivity contribution in [2.75, 3.05) is 22.0 Å². The molecule has 0 saturated carbocycles. The van der Waals surface area contributed by atoms with Gasteiger partial charge in [-0.3, -0.25) is 9.71 Å². The van der Waals surface area contributed by atoms with E-state index in [4.69, 9.17) is 5.73 Å². The summed E-state index contributed by atoms with van der Waals surface area (Å²) in [7, 11) is -3.37. The zero-order valence-electron chi connectivity index (χ0n) is 11.6. The van der Waals surface area contributed by atoms with Gasteiger partial charge in [-0.15, -0.1) is 11.8 Å². The monoisotopic (exact) mass is 323 g/mol. The van der Waals surface area contributed by atoms with E-state index in [1.165, 1.54) is 18.0 Å². The summed E-state index contributed by atoms with van der Waals surface area (Å²) in [6, 6.07) is 9.10. The maximum atomic E-state index is 12.0. The summed E-state index contributed by atoms with van der Waals surface area (Å²) in [6.07, 6.45) is 3.17. The lowest BCUT2D eigenvalue weighted by Crippen LogP contribution is -2.18. The number of rotatable bonds is 6. The van der Waals surface area contributed by atoms with Crippen molar-refractivity contribution < 1.29 is 8.42 Å². The molecule has 1 aromatic carbocycles. The smallest absolute Gasteiger partial charge is 0.233 e. The molecule has 7 heteroatoms. The van der Waals surface area contributed by atoms with Gasteiger partial charge in [-0.1, -0.05) is 0 Å². The molecule has 0 saturated heterocycles. The number of aromatic nitrogens is 1. The third kappa shape index (κ3) is 5.28. The van der Waals surface area contributed by atoms with Crippen molar-refractivity contribution in [2.24, 2.45) is 0 Å². The number of nitrogens with one attached hydrogen (secondary N) is 1. The molecule has 2 rings (SSSR count). The number of nitrogen functional groups attached to an aromatic ring is 1. The van der Waals surface area contributed by atoms with Crippen molar-refractivity contribution in [3.8, 4) is 0 Å². The number of nitrogens with zero attached hydrogens (tertiary/aromatic N) is 1. The van der Waals surface area contributed by atoms with E-state index in [-0.39, 0.29) is 5.75 Å². The number of benzene rings is 1. The molecule has 0 amide bonds. The van der Waals surface area contributed by atoms with E-state index in [1.54, 1.807) is 24.4 Å². The summed E-state index contributed by atoms with van der Waals surface area (Å²) in [6.45, 7) is 1.86. The molecule has 21 heavy (non-hydrogen) atoms. The molecule has 0 spiro atoms. The first kappa shape index (κ1) is 15.7. The number of anilines is 2. The van der Waals surface area contributed by atoms with Crippen LogP contribution < -0.4 is 10.5 Å². The zero-order valence-corrected chi connectivity index (χ0v) is 13.2. The van der Waals surface area contributed by atoms with Crippen LogP contribution in [0.4, 0.5) is 11.4 Å². The highest BCUT2D eigenvalue weighted by Crippen LogP contribution is 2.19. The lowest BCUT2D eigenvalue weighted by molar-refractivity contribution is 0.602. The first-order valence-corrected chi connectivity index (χ1v) is 8.99. The molecule has 5 nitrogen and oxygen atoms in total. The lowest BCUT2D eigenvalue weighted by atomic mass is 10.3. The number of thioether (sulfide) groups is 1. The average molecular weight is 323 g/mol. The van der Waals surface area contributed by atoms with Crippen LogP contribution in [0.2, 0.25) is 0 Å². The summed E-state index contributed by atoms with van der Waals surface area (Å²) in [5.74, 6) is 0.508. The van der Waals surface area contributed by atoms with Crippen LogP contribution in [-0.2, 0) is 10.0 Å². The number of hydrogen-bond donors (Lipinski definition) is 2. The number of pyridine rings is 1. The topological polar surface area (TPSA) is 85.1 Å². The van der Waals surface area contributed by atoms with Gasteiger partial charge < -0.3 is 5.73 Å². The van der Waals surface area contributed by atoms with Crippen LogP contribution in [0.1, 0.15) is 5.56 Å². The predicted molar refractivity (Wildman–Crippen MR) is 88.0 cm³/mol. The van der Waals surface area contributed by atoms with Crippen molar-refractivity contribution >= 4 is 33.2 Å². The summed E-state index contributed by atoms with van der Waals surface area (Å²) >= 11 is 1.48. The van der Waals surface area contributed by atoms with Crippen LogP contribution in [0.15, 0.2) is 47.6 Å². The molecule has 0 aliphatic carbocycles. The molecule has 112 valence electrons. The fourth-order valence-corrected chi connectivity index (χ4v) is 4.02. The van der Waals surface area contributed by atoms with Gasteiger partial charge in [-0.2, -0.15) is 0 Å². The minimum atomic E-state index is -3.37. The number of nitrogens with two attached hydrogens (primary N) is 1. The fraction of sp³-hybridized carbons (Fsp3) is 0.214. The predicted octanol–water partition coefficient (Wildman–Crippen LogP) is 2.51. The normalized spacial score (nSPS) is 11.3. The third-order valence-corrected chi connectivity index (χ3v) is 5.21. The van der Waals surface area contributed by atoms with Gasteiger partial charge in [0.05, 0.1) is 17.6 Å². The highest BCUT2D eigenvalue weighted by molar-refractivity contribution is 8.01. The van der Waals surface area contributed by atoms with E-state index in [9.17, 15) is 8.42 Å². The first-order valence-electron chi connectivity index (χ1n) is 6.35. The van der Waals surface area contributed by atoms with Gasteiger partial charge >= 0.3 is 0 Å². The van der Waals surface area contributed by atoms with Gasteiger partial charge in [0.1, 0.15) is 0 Å². The highest BCUT2D eigenvalue weighted by atomic mass is 32.2. The second kappa shape index (κ2) is 6.82. The van der Waals surface area contributed by atoms with Crippen LogP contribution >= 0.6 is 11.8 Å². The second-order valence-corrected chi connectivity index (χ2v) is 7.60. The van der Waals surface area contributed by atoms with Gasteiger partial charge in [0.15, 0.2) is 0 Å². The largest absolute Gasteiger partial charge is 0.399 e. The summed E-state index contributed by atoms with van der Waals surface area (Å²) in [5, 5.41) is 0. The Kier molecular flexibility index (Phi) is 5.08. The van der Waals surface area contributed by atoms with Crippen LogP contribution in [0.5, 0.6) is 0 Å². The van der Waals surface area contributed by atoms with E-state index in [2.05, 4.69) is 9.71 Å². The molecule has 1 heterocycles. The molecule has 0 aliphatic rings. The molecule has 0 radical (unpaired) electrons. The minimum Gasteiger partial charge on any atom is -0.399 e. The molecule has 0 aliphatic heterocycles. The summed E-state index contributed by atoms with van der Waals surface area (Å²) in [4.78, 5) is 4.96. The Morgan fingerprint density at radius 1 is 1.24 bits per heavy atom. The van der Waals surface area contributed by atoms with Crippen molar-refractivity contribution in [3.05, 3.63) is 48.3 Å². The van der Waals surface area contributed by atoms with Crippen LogP contribution in [0, 0.1) is 6.92 Å². The van der Waals surface area contributed by atoms with Gasteiger partial charge in [-0.25, -0.2) is 8.42 Å². The minimum absolute atomic E-state index is 0.0377. The number of hydrogen-bond acceptors (Lipinski definition) is 5. The van der Waals surface area contributed by atoms with E-state index in [1.807, 2.05) is 19.1 Å². The summed E-state index contributed by atoms with van der Waals surface area (Å²) in [5.41, 5.74) is 7.70. The SMILES string of the molecule is Cc1cncc(NS(=O)(=O)CCSc2ccc(N)cc2)c1. The maximum absolute atomic E-state index is 12.0. The van der Waals surface area contributed by atoms with Crippen LogP contribution in [0.3, 0.4) is 0 Å². The molecule has 0 fully saturated rings. The Bertz CT molecular complexity index is 700. The molecule has 0 atom stereocenters. The van der Waals surface area contributed by atoms with E-state index in [0.717, 1.165) is 10.5 Å². The van der Waals surface area contributed by atoms with Crippen LogP contribution in [0.25, 0.3) is 0 Å². The van der Waals surface area contributed by atoms with Crippen molar-refractivity contribution in [3.63, 3.8) is 0 Å². The van der Waals surface area contributed by atoms with Crippen molar-refractivity contribution in [2.45, 2.75) is 11.8 Å². The third-order valence-electron chi connectivity index (χ3n) is 2.65. The van der Waals surface area contributed by atoms with E-state index in [0.29, 0.717) is 17.1 Å². The van der Waals surface area contributed by atoms with Gasteiger partial charge in [0.2, 0.25) is 10.0 Å². The first-order chi connectivity index (χ1) is 9.94. The number of sulfonamides is 1. The van der Waals surface area contributed by atoms with Crippen LogP contribution in [-0.4, -0.2) is 24.9 Å². The van der Waals surface area contributed by atoms with Crippen molar-refractivity contribution in [1.82, 2.24) is 4.98 Å². The Labute approximate surface area is 129 Å². The maximum Gasteiger partial charge on any atom is 0.233 e. The molecule has 0 unspecified atom stereocenters. The molecule has 1 aromatic heterocycles. The molecular weight excluding hydrogens is 306 g/mol. The Morgan fingerprint density at radius 2 is 1.95 bits per heavy atom. The second-order valence-electron chi connectivity index (χ2n) is 4.59. The van der Waals surface area contributed by atoms with Gasteiger partial charge in [0.25, 0.3) is 0 Å². The van der Waals surface area contributed by atoms with Gasteiger partial charge in [0, 0.05) is 22.5 Å². The van der Waals surface area contributed by atoms with E-state index < -0.39 is 10.0 Å². The highest BCUT2D eigenvalue weighted by Gasteiger charge is 2.10.